The molecular formula is C19H17NO5S. The maximum Gasteiger partial charge on any atom is 0.341 e. The summed E-state index contributed by atoms with van der Waals surface area (Å²) in [7, 11) is 0. The van der Waals surface area contributed by atoms with E-state index in [-0.39, 0.29) is 24.7 Å². The van der Waals surface area contributed by atoms with Crippen LogP contribution in [-0.2, 0) is 9.53 Å². The Labute approximate surface area is 154 Å². The SMILES string of the molecule is CCOC(=O)c1c(-c2ccco2)csc1NC(=O)COc1ccccc1. The summed E-state index contributed by atoms with van der Waals surface area (Å²) in [5, 5.41) is 4.86. The number of esters is 1. The van der Waals surface area contributed by atoms with E-state index < -0.39 is 5.97 Å². The Kier molecular flexibility index (Phi) is 5.70. The molecule has 0 aliphatic heterocycles. The fourth-order valence-electron chi connectivity index (χ4n) is 2.30. The summed E-state index contributed by atoms with van der Waals surface area (Å²) in [5.74, 6) is 0.243. The second-order valence-electron chi connectivity index (χ2n) is 5.20. The molecule has 1 aromatic carbocycles. The van der Waals surface area contributed by atoms with Crippen molar-refractivity contribution >= 4 is 28.2 Å². The fraction of sp³-hybridized carbons (Fsp3) is 0.158. The molecule has 0 radical (unpaired) electrons. The lowest BCUT2D eigenvalue weighted by Crippen LogP contribution is -2.21. The van der Waals surface area contributed by atoms with Gasteiger partial charge in [-0.1, -0.05) is 18.2 Å². The van der Waals surface area contributed by atoms with Crippen molar-refractivity contribution in [3.05, 3.63) is 59.7 Å². The lowest BCUT2D eigenvalue weighted by Gasteiger charge is -2.09. The number of amides is 1. The number of carbonyl (C=O) groups excluding carboxylic acids is 2. The third-order valence-corrected chi connectivity index (χ3v) is 4.32. The van der Waals surface area contributed by atoms with Crippen LogP contribution >= 0.6 is 11.3 Å². The number of hydrogen-bond donors (Lipinski definition) is 1. The molecule has 0 spiro atoms. The summed E-state index contributed by atoms with van der Waals surface area (Å²) in [6.07, 6.45) is 1.52. The summed E-state index contributed by atoms with van der Waals surface area (Å²) < 4.78 is 15.9. The van der Waals surface area contributed by atoms with E-state index >= 15 is 0 Å². The molecule has 1 amide bonds. The molecule has 0 saturated carbocycles. The Bertz CT molecular complexity index is 871. The molecule has 26 heavy (non-hydrogen) atoms. The van der Waals surface area contributed by atoms with Gasteiger partial charge in [-0.15, -0.1) is 11.3 Å². The molecule has 0 bridgehead atoms. The molecule has 2 aromatic heterocycles. The van der Waals surface area contributed by atoms with Crippen LogP contribution in [-0.4, -0.2) is 25.1 Å². The number of thiophene rings is 1. The van der Waals surface area contributed by atoms with Crippen molar-refractivity contribution in [1.82, 2.24) is 0 Å². The predicted molar refractivity (Wildman–Crippen MR) is 98.5 cm³/mol. The van der Waals surface area contributed by atoms with Crippen LogP contribution in [0.15, 0.2) is 58.5 Å². The van der Waals surface area contributed by atoms with Crippen molar-refractivity contribution in [2.24, 2.45) is 0 Å². The maximum absolute atomic E-state index is 12.4. The van der Waals surface area contributed by atoms with Gasteiger partial charge < -0.3 is 19.2 Å². The van der Waals surface area contributed by atoms with Gasteiger partial charge >= 0.3 is 5.97 Å². The fourth-order valence-corrected chi connectivity index (χ4v) is 3.25. The zero-order valence-electron chi connectivity index (χ0n) is 14.1. The highest BCUT2D eigenvalue weighted by molar-refractivity contribution is 7.15. The molecule has 0 atom stereocenters. The summed E-state index contributed by atoms with van der Waals surface area (Å²) >= 11 is 1.23. The first-order valence-corrected chi connectivity index (χ1v) is 8.87. The maximum atomic E-state index is 12.4. The third kappa shape index (κ3) is 4.12. The van der Waals surface area contributed by atoms with Crippen molar-refractivity contribution < 1.29 is 23.5 Å². The number of anilines is 1. The zero-order valence-corrected chi connectivity index (χ0v) is 14.9. The minimum Gasteiger partial charge on any atom is -0.484 e. The van der Waals surface area contributed by atoms with Gasteiger partial charge in [0.15, 0.2) is 6.61 Å². The number of nitrogens with one attached hydrogen (secondary N) is 1. The van der Waals surface area contributed by atoms with Gasteiger partial charge in [0.05, 0.1) is 12.9 Å². The molecule has 3 rings (SSSR count). The summed E-state index contributed by atoms with van der Waals surface area (Å²) in [5.41, 5.74) is 0.859. The van der Waals surface area contributed by atoms with Crippen molar-refractivity contribution in [1.29, 1.82) is 0 Å². The summed E-state index contributed by atoms with van der Waals surface area (Å²) in [4.78, 5) is 24.6. The Balaban J connectivity index is 1.76. The number of furan rings is 1. The van der Waals surface area contributed by atoms with E-state index in [1.165, 1.54) is 17.6 Å². The van der Waals surface area contributed by atoms with Crippen molar-refractivity contribution in [2.75, 3.05) is 18.5 Å². The van der Waals surface area contributed by atoms with E-state index in [1.807, 2.05) is 18.2 Å². The first-order valence-electron chi connectivity index (χ1n) is 7.99. The van der Waals surface area contributed by atoms with Crippen molar-refractivity contribution in [3.63, 3.8) is 0 Å². The highest BCUT2D eigenvalue weighted by Gasteiger charge is 2.24. The van der Waals surface area contributed by atoms with Gasteiger partial charge in [-0.25, -0.2) is 4.79 Å². The molecule has 0 unspecified atom stereocenters. The molecular weight excluding hydrogens is 354 g/mol. The number of benzene rings is 1. The van der Waals surface area contributed by atoms with E-state index in [0.29, 0.717) is 22.1 Å². The zero-order chi connectivity index (χ0) is 18.4. The number of ether oxygens (including phenoxy) is 2. The van der Waals surface area contributed by atoms with Gasteiger partial charge in [-0.2, -0.15) is 0 Å². The molecule has 134 valence electrons. The Morgan fingerprint density at radius 1 is 1.15 bits per heavy atom. The average molecular weight is 371 g/mol. The standard InChI is InChI=1S/C19H17NO5S/c1-2-23-19(22)17-14(15-9-6-10-24-15)12-26-18(17)20-16(21)11-25-13-7-4-3-5-8-13/h3-10,12H,2,11H2,1H3,(H,20,21). The monoisotopic (exact) mass is 371 g/mol. The van der Waals surface area contributed by atoms with Crippen LogP contribution in [0.4, 0.5) is 5.00 Å². The lowest BCUT2D eigenvalue weighted by atomic mass is 10.1. The van der Waals surface area contributed by atoms with Crippen LogP contribution in [0.2, 0.25) is 0 Å². The normalized spacial score (nSPS) is 10.3. The Hall–Kier alpha value is -3.06. The highest BCUT2D eigenvalue weighted by atomic mass is 32.1. The second-order valence-corrected chi connectivity index (χ2v) is 6.08. The number of carbonyl (C=O) groups is 2. The van der Waals surface area contributed by atoms with Gasteiger partial charge in [0.1, 0.15) is 22.1 Å². The first-order chi connectivity index (χ1) is 12.7. The molecule has 0 fully saturated rings. The summed E-state index contributed by atoms with van der Waals surface area (Å²) in [6, 6.07) is 12.5. The van der Waals surface area contributed by atoms with Crippen molar-refractivity contribution in [3.8, 4) is 17.1 Å². The van der Waals surface area contributed by atoms with E-state index in [1.54, 1.807) is 36.6 Å². The average Bonchev–Trinajstić information content (AvgIpc) is 3.30. The largest absolute Gasteiger partial charge is 0.484 e. The Morgan fingerprint density at radius 2 is 1.96 bits per heavy atom. The molecule has 0 aliphatic rings. The van der Waals surface area contributed by atoms with E-state index in [4.69, 9.17) is 13.9 Å². The third-order valence-electron chi connectivity index (χ3n) is 3.42. The molecule has 0 aliphatic carbocycles. The van der Waals surface area contributed by atoms with Gasteiger partial charge in [0, 0.05) is 10.9 Å². The molecule has 6 nitrogen and oxygen atoms in total. The topological polar surface area (TPSA) is 77.8 Å². The van der Waals surface area contributed by atoms with E-state index in [2.05, 4.69) is 5.32 Å². The van der Waals surface area contributed by atoms with Crippen LogP contribution in [0, 0.1) is 0 Å². The number of hydrogen-bond acceptors (Lipinski definition) is 6. The lowest BCUT2D eigenvalue weighted by molar-refractivity contribution is -0.118. The van der Waals surface area contributed by atoms with Gasteiger partial charge in [0.2, 0.25) is 0 Å². The van der Waals surface area contributed by atoms with Crippen LogP contribution in [0.1, 0.15) is 17.3 Å². The number of para-hydroxylation sites is 1. The summed E-state index contributed by atoms with van der Waals surface area (Å²) in [6.45, 7) is 1.79. The van der Waals surface area contributed by atoms with Crippen LogP contribution in [0.25, 0.3) is 11.3 Å². The minimum atomic E-state index is -0.514. The smallest absolute Gasteiger partial charge is 0.341 e. The van der Waals surface area contributed by atoms with Crippen molar-refractivity contribution in [2.45, 2.75) is 6.92 Å². The minimum absolute atomic E-state index is 0.166. The Morgan fingerprint density at radius 3 is 2.65 bits per heavy atom. The molecule has 1 N–H and O–H groups in total. The van der Waals surface area contributed by atoms with Gasteiger partial charge in [-0.05, 0) is 31.2 Å². The first kappa shape index (κ1) is 17.8. The molecule has 2 heterocycles. The van der Waals surface area contributed by atoms with Crippen LogP contribution in [0.3, 0.4) is 0 Å². The quantitative estimate of drug-likeness (QED) is 0.630. The van der Waals surface area contributed by atoms with Crippen LogP contribution in [0.5, 0.6) is 5.75 Å². The number of rotatable bonds is 7. The second kappa shape index (κ2) is 8.35. The van der Waals surface area contributed by atoms with E-state index in [0.717, 1.165) is 0 Å². The molecule has 7 heteroatoms. The van der Waals surface area contributed by atoms with Crippen LogP contribution < -0.4 is 10.1 Å². The molecule has 0 saturated heterocycles. The van der Waals surface area contributed by atoms with Gasteiger partial charge in [0.25, 0.3) is 5.91 Å². The van der Waals surface area contributed by atoms with E-state index in [9.17, 15) is 9.59 Å². The predicted octanol–water partition coefficient (Wildman–Crippen LogP) is 4.20. The highest BCUT2D eigenvalue weighted by Crippen LogP contribution is 2.36. The molecule has 3 aromatic rings. The van der Waals surface area contributed by atoms with Gasteiger partial charge in [-0.3, -0.25) is 4.79 Å².